The van der Waals surface area contributed by atoms with Crippen molar-refractivity contribution in [3.05, 3.63) is 64.1 Å². The van der Waals surface area contributed by atoms with Crippen LogP contribution in [0.3, 0.4) is 0 Å². The summed E-state index contributed by atoms with van der Waals surface area (Å²) >= 11 is 3.14. The molecule has 2 aromatic carbocycles. The highest BCUT2D eigenvalue weighted by atomic mass is 79.9. The van der Waals surface area contributed by atoms with Crippen molar-refractivity contribution >= 4 is 33.4 Å². The Bertz CT molecular complexity index is 817. The van der Waals surface area contributed by atoms with E-state index in [0.717, 1.165) is 0 Å². The molecule has 5 nitrogen and oxygen atoms in total. The quantitative estimate of drug-likeness (QED) is 0.714. The number of primary amides is 1. The number of rotatable bonds is 7. The zero-order valence-electron chi connectivity index (χ0n) is 14.0. The molecule has 0 radical (unpaired) electrons. The number of hydrogen-bond donors (Lipinski definition) is 2. The molecule has 0 saturated heterocycles. The average Bonchev–Trinajstić information content (AvgIpc) is 2.55. The van der Waals surface area contributed by atoms with Crippen LogP contribution in [-0.4, -0.2) is 30.3 Å². The number of carbonyl (C=O) groups is 2. The molecule has 0 heterocycles. The summed E-state index contributed by atoms with van der Waals surface area (Å²) in [5.41, 5.74) is 5.90. The van der Waals surface area contributed by atoms with E-state index in [1.165, 1.54) is 30.3 Å². The second-order valence-electron chi connectivity index (χ2n) is 5.76. The van der Waals surface area contributed by atoms with Gasteiger partial charge in [0, 0.05) is 17.4 Å². The van der Waals surface area contributed by atoms with E-state index in [9.17, 15) is 18.4 Å². The Kier molecular flexibility index (Phi) is 6.82. The van der Waals surface area contributed by atoms with Crippen LogP contribution in [0.2, 0.25) is 0 Å². The molecule has 2 amide bonds. The summed E-state index contributed by atoms with van der Waals surface area (Å²) in [6.45, 7) is 0.175. The summed E-state index contributed by atoms with van der Waals surface area (Å²) in [6.07, 6.45) is 0.00506. The van der Waals surface area contributed by atoms with Gasteiger partial charge in [-0.05, 0) is 42.9 Å². The summed E-state index contributed by atoms with van der Waals surface area (Å²) in [7, 11) is 1.60. The topological polar surface area (TPSA) is 75.4 Å². The van der Waals surface area contributed by atoms with Gasteiger partial charge in [0.1, 0.15) is 17.7 Å². The first-order valence-electron chi connectivity index (χ1n) is 7.78. The van der Waals surface area contributed by atoms with Gasteiger partial charge in [0.2, 0.25) is 11.8 Å². The third-order valence-corrected chi connectivity index (χ3v) is 4.26. The Morgan fingerprint density at radius 1 is 1.23 bits per heavy atom. The molecule has 0 aliphatic rings. The Morgan fingerprint density at radius 3 is 2.58 bits per heavy atom. The molecule has 3 N–H and O–H groups in total. The van der Waals surface area contributed by atoms with Crippen LogP contribution in [0.5, 0.6) is 0 Å². The fourth-order valence-corrected chi connectivity index (χ4v) is 2.86. The number of hydrogen-bond acceptors (Lipinski definition) is 3. The van der Waals surface area contributed by atoms with Crippen molar-refractivity contribution in [2.45, 2.75) is 12.5 Å². The van der Waals surface area contributed by atoms with Crippen molar-refractivity contribution in [2.24, 2.45) is 5.73 Å². The van der Waals surface area contributed by atoms with E-state index in [4.69, 9.17) is 5.73 Å². The number of likely N-dealkylation sites (N-methyl/N-ethyl adjacent to an activating group) is 1. The molecule has 2 rings (SSSR count). The van der Waals surface area contributed by atoms with Gasteiger partial charge in [0.15, 0.2) is 0 Å². The summed E-state index contributed by atoms with van der Waals surface area (Å²) in [5, 5.41) is 2.47. The first-order valence-corrected chi connectivity index (χ1v) is 8.57. The standard InChI is InChI=1S/C18H18BrF2N3O2/c1-24(17(18(22)26)11-3-2-4-13(20)9-11)8-7-16(25)23-15-6-5-12(19)10-14(15)21/h2-6,9-10,17H,7-8H2,1H3,(H2,22,26)(H,23,25). The molecule has 1 unspecified atom stereocenters. The monoisotopic (exact) mass is 425 g/mol. The molecule has 0 aliphatic heterocycles. The first kappa shape index (κ1) is 20.0. The number of nitrogens with one attached hydrogen (secondary N) is 1. The van der Waals surface area contributed by atoms with Gasteiger partial charge in [-0.25, -0.2) is 8.78 Å². The van der Waals surface area contributed by atoms with E-state index >= 15 is 0 Å². The second kappa shape index (κ2) is 8.86. The summed E-state index contributed by atoms with van der Waals surface area (Å²) in [6, 6.07) is 8.99. The molecule has 26 heavy (non-hydrogen) atoms. The van der Waals surface area contributed by atoms with Crippen molar-refractivity contribution in [3.63, 3.8) is 0 Å². The van der Waals surface area contributed by atoms with Gasteiger partial charge in [-0.2, -0.15) is 0 Å². The highest BCUT2D eigenvalue weighted by Crippen LogP contribution is 2.21. The third kappa shape index (κ3) is 5.34. The molecular weight excluding hydrogens is 408 g/mol. The molecule has 138 valence electrons. The van der Waals surface area contributed by atoms with Crippen molar-refractivity contribution in [1.82, 2.24) is 4.90 Å². The molecular formula is C18H18BrF2N3O2. The van der Waals surface area contributed by atoms with Crippen LogP contribution < -0.4 is 11.1 Å². The van der Waals surface area contributed by atoms with Crippen LogP contribution >= 0.6 is 15.9 Å². The molecule has 0 aromatic heterocycles. The fourth-order valence-electron chi connectivity index (χ4n) is 2.52. The van der Waals surface area contributed by atoms with Gasteiger partial charge in [0.05, 0.1) is 5.69 Å². The highest BCUT2D eigenvalue weighted by Gasteiger charge is 2.23. The number of amides is 2. The fraction of sp³-hybridized carbons (Fsp3) is 0.222. The van der Waals surface area contributed by atoms with Crippen LogP contribution in [0.15, 0.2) is 46.9 Å². The molecule has 0 spiro atoms. The van der Waals surface area contributed by atoms with E-state index in [2.05, 4.69) is 21.2 Å². The van der Waals surface area contributed by atoms with Gasteiger partial charge in [-0.1, -0.05) is 28.1 Å². The number of anilines is 1. The maximum atomic E-state index is 13.8. The predicted octanol–water partition coefficient (Wildman–Crippen LogP) is 3.21. The zero-order valence-corrected chi connectivity index (χ0v) is 15.6. The molecule has 0 fully saturated rings. The minimum Gasteiger partial charge on any atom is -0.368 e. The van der Waals surface area contributed by atoms with Gasteiger partial charge in [0.25, 0.3) is 0 Å². The van der Waals surface area contributed by atoms with Crippen molar-refractivity contribution in [1.29, 1.82) is 0 Å². The average molecular weight is 426 g/mol. The largest absolute Gasteiger partial charge is 0.368 e. The highest BCUT2D eigenvalue weighted by molar-refractivity contribution is 9.10. The summed E-state index contributed by atoms with van der Waals surface area (Å²) < 4.78 is 27.7. The lowest BCUT2D eigenvalue weighted by molar-refractivity contribution is -0.124. The summed E-state index contributed by atoms with van der Waals surface area (Å²) in [5.74, 6) is -2.11. The predicted molar refractivity (Wildman–Crippen MR) is 98.3 cm³/mol. The van der Waals surface area contributed by atoms with Crippen molar-refractivity contribution in [3.8, 4) is 0 Å². The lowest BCUT2D eigenvalue weighted by Crippen LogP contribution is -2.37. The number of nitrogens with two attached hydrogens (primary N) is 1. The second-order valence-corrected chi connectivity index (χ2v) is 6.68. The molecule has 8 heteroatoms. The zero-order chi connectivity index (χ0) is 19.3. The lowest BCUT2D eigenvalue weighted by Gasteiger charge is -2.25. The molecule has 0 aliphatic carbocycles. The Labute approximate surface area is 158 Å². The van der Waals surface area contributed by atoms with Crippen LogP contribution in [0, 0.1) is 11.6 Å². The van der Waals surface area contributed by atoms with E-state index in [1.54, 1.807) is 24.1 Å². The maximum absolute atomic E-state index is 13.8. The minimum absolute atomic E-state index is 0.00506. The summed E-state index contributed by atoms with van der Waals surface area (Å²) in [4.78, 5) is 25.4. The number of halogens is 3. The Balaban J connectivity index is 2.00. The van der Waals surface area contributed by atoms with Crippen LogP contribution in [-0.2, 0) is 9.59 Å². The van der Waals surface area contributed by atoms with Crippen molar-refractivity contribution in [2.75, 3.05) is 18.9 Å². The van der Waals surface area contributed by atoms with E-state index in [-0.39, 0.29) is 18.7 Å². The molecule has 0 saturated carbocycles. The van der Waals surface area contributed by atoms with Crippen LogP contribution in [0.4, 0.5) is 14.5 Å². The van der Waals surface area contributed by atoms with Gasteiger partial charge in [-0.15, -0.1) is 0 Å². The SMILES string of the molecule is CN(CCC(=O)Nc1ccc(Br)cc1F)C(C(N)=O)c1cccc(F)c1. The van der Waals surface area contributed by atoms with Crippen LogP contribution in [0.1, 0.15) is 18.0 Å². The maximum Gasteiger partial charge on any atom is 0.239 e. The van der Waals surface area contributed by atoms with E-state index < -0.39 is 29.5 Å². The van der Waals surface area contributed by atoms with Gasteiger partial charge >= 0.3 is 0 Å². The van der Waals surface area contributed by atoms with Gasteiger partial charge < -0.3 is 11.1 Å². The smallest absolute Gasteiger partial charge is 0.239 e. The Morgan fingerprint density at radius 2 is 1.96 bits per heavy atom. The molecule has 1 atom stereocenters. The normalized spacial score (nSPS) is 12.0. The molecule has 0 bridgehead atoms. The molecule has 2 aromatic rings. The van der Waals surface area contributed by atoms with Gasteiger partial charge in [-0.3, -0.25) is 14.5 Å². The third-order valence-electron chi connectivity index (χ3n) is 3.77. The number of nitrogens with zero attached hydrogens (tertiary/aromatic N) is 1. The lowest BCUT2D eigenvalue weighted by atomic mass is 10.0. The Hall–Kier alpha value is -2.32. The van der Waals surface area contributed by atoms with Crippen molar-refractivity contribution < 1.29 is 18.4 Å². The van der Waals surface area contributed by atoms with E-state index in [0.29, 0.717) is 10.0 Å². The van der Waals surface area contributed by atoms with E-state index in [1.807, 2.05) is 0 Å². The number of benzene rings is 2. The number of carbonyl (C=O) groups excluding carboxylic acids is 2. The minimum atomic E-state index is -0.872. The first-order chi connectivity index (χ1) is 12.3. The van der Waals surface area contributed by atoms with Crippen LogP contribution in [0.25, 0.3) is 0 Å².